The molecule has 0 spiro atoms. The van der Waals surface area contributed by atoms with Crippen molar-refractivity contribution in [1.29, 1.82) is 0 Å². The van der Waals surface area contributed by atoms with Gasteiger partial charge in [0, 0.05) is 0 Å². The second-order valence-electron chi connectivity index (χ2n) is 4.99. The quantitative estimate of drug-likeness (QED) is 0.262. The highest BCUT2D eigenvalue weighted by Gasteiger charge is 2.15. The van der Waals surface area contributed by atoms with Crippen LogP contribution in [0.5, 0.6) is 0 Å². The van der Waals surface area contributed by atoms with Gasteiger partial charge in [-0.25, -0.2) is 4.79 Å². The third-order valence-corrected chi connectivity index (χ3v) is 3.08. The number of ether oxygens (including phenoxy) is 1. The Morgan fingerprint density at radius 1 is 0.950 bits per heavy atom. The van der Waals surface area contributed by atoms with Gasteiger partial charge in [0.1, 0.15) is 0 Å². The van der Waals surface area contributed by atoms with Gasteiger partial charge in [-0.15, -0.1) is 0 Å². The van der Waals surface area contributed by atoms with Gasteiger partial charge in [-0.1, -0.05) is 57.6 Å². The molecule has 0 amide bonds. The number of carbonyl (C=O) groups is 1. The standard InChI is InChI=1S/C16H28F2O2/c1-2-3-4-5-6-7-8-9-10-11-12-13-14-20-16(19)15(17)18/h5-6,15H,2-4,7-14H2,1H3/b6-5-. The summed E-state index contributed by atoms with van der Waals surface area (Å²) in [6, 6.07) is 0. The summed E-state index contributed by atoms with van der Waals surface area (Å²) in [6.07, 6.45) is 12.6. The van der Waals surface area contributed by atoms with Gasteiger partial charge in [-0.2, -0.15) is 8.78 Å². The molecule has 0 N–H and O–H groups in total. The van der Waals surface area contributed by atoms with E-state index in [1.165, 1.54) is 32.1 Å². The smallest absolute Gasteiger partial charge is 0.373 e. The van der Waals surface area contributed by atoms with E-state index in [9.17, 15) is 13.6 Å². The fourth-order valence-electron chi connectivity index (χ4n) is 1.86. The first-order valence-electron chi connectivity index (χ1n) is 7.78. The van der Waals surface area contributed by atoms with Crippen molar-refractivity contribution in [2.45, 2.75) is 77.6 Å². The van der Waals surface area contributed by atoms with E-state index in [1.807, 2.05) is 0 Å². The Morgan fingerprint density at radius 3 is 2.10 bits per heavy atom. The lowest BCUT2D eigenvalue weighted by molar-refractivity contribution is -0.156. The molecule has 2 nitrogen and oxygen atoms in total. The molecule has 0 aromatic rings. The summed E-state index contributed by atoms with van der Waals surface area (Å²) in [4.78, 5) is 10.5. The topological polar surface area (TPSA) is 26.3 Å². The van der Waals surface area contributed by atoms with Crippen LogP contribution in [0.3, 0.4) is 0 Å². The van der Waals surface area contributed by atoms with Gasteiger partial charge in [0.2, 0.25) is 0 Å². The molecule has 0 aliphatic heterocycles. The number of hydrogen-bond acceptors (Lipinski definition) is 2. The van der Waals surface area contributed by atoms with E-state index in [2.05, 4.69) is 23.8 Å². The number of unbranched alkanes of at least 4 members (excludes halogenated alkanes) is 8. The molecule has 4 heteroatoms. The van der Waals surface area contributed by atoms with Gasteiger partial charge in [-0.3, -0.25) is 0 Å². The Kier molecular flexibility index (Phi) is 13.8. The van der Waals surface area contributed by atoms with Crippen molar-refractivity contribution in [3.05, 3.63) is 12.2 Å². The fourth-order valence-corrected chi connectivity index (χ4v) is 1.86. The molecule has 20 heavy (non-hydrogen) atoms. The van der Waals surface area contributed by atoms with Crippen molar-refractivity contribution in [3.8, 4) is 0 Å². The van der Waals surface area contributed by atoms with E-state index in [0.29, 0.717) is 6.42 Å². The Bertz CT molecular complexity index is 253. The molecule has 0 aliphatic carbocycles. The molecule has 118 valence electrons. The normalized spacial score (nSPS) is 11.4. The summed E-state index contributed by atoms with van der Waals surface area (Å²) in [5.41, 5.74) is 0. The van der Waals surface area contributed by atoms with E-state index in [4.69, 9.17) is 0 Å². The zero-order valence-electron chi connectivity index (χ0n) is 12.6. The van der Waals surface area contributed by atoms with Crippen LogP contribution in [-0.4, -0.2) is 19.0 Å². The second-order valence-corrected chi connectivity index (χ2v) is 4.99. The van der Waals surface area contributed by atoms with Crippen molar-refractivity contribution < 1.29 is 18.3 Å². The zero-order valence-corrected chi connectivity index (χ0v) is 12.6. The van der Waals surface area contributed by atoms with Crippen LogP contribution < -0.4 is 0 Å². The van der Waals surface area contributed by atoms with E-state index in [1.54, 1.807) is 0 Å². The van der Waals surface area contributed by atoms with Gasteiger partial charge in [-0.05, 0) is 25.7 Å². The molecule has 0 fully saturated rings. The molecule has 0 aromatic carbocycles. The summed E-state index contributed by atoms with van der Waals surface area (Å²) < 4.78 is 28.0. The second kappa shape index (κ2) is 14.5. The Morgan fingerprint density at radius 2 is 1.50 bits per heavy atom. The summed E-state index contributed by atoms with van der Waals surface area (Å²) in [5, 5.41) is 0. The third kappa shape index (κ3) is 13.5. The maximum absolute atomic E-state index is 11.8. The number of alkyl halides is 2. The molecule has 0 heterocycles. The Hall–Kier alpha value is -0.930. The van der Waals surface area contributed by atoms with Crippen LogP contribution >= 0.6 is 0 Å². The van der Waals surface area contributed by atoms with Crippen LogP contribution in [0.15, 0.2) is 12.2 Å². The van der Waals surface area contributed by atoms with Gasteiger partial charge >= 0.3 is 12.4 Å². The highest BCUT2D eigenvalue weighted by Crippen LogP contribution is 2.08. The molecule has 0 aliphatic rings. The monoisotopic (exact) mass is 290 g/mol. The predicted molar refractivity (Wildman–Crippen MR) is 77.9 cm³/mol. The number of allylic oxidation sites excluding steroid dienone is 2. The van der Waals surface area contributed by atoms with Crippen molar-refractivity contribution in [1.82, 2.24) is 0 Å². The zero-order chi connectivity index (χ0) is 15.1. The lowest BCUT2D eigenvalue weighted by atomic mass is 10.1. The molecule has 0 atom stereocenters. The SMILES string of the molecule is CCCC/C=C\CCCCCCCCOC(=O)C(F)F. The van der Waals surface area contributed by atoms with Crippen LogP contribution in [0, 0.1) is 0 Å². The molecule has 0 aromatic heterocycles. The average Bonchev–Trinajstić information content (AvgIpc) is 2.43. The van der Waals surface area contributed by atoms with E-state index in [0.717, 1.165) is 25.7 Å². The maximum Gasteiger partial charge on any atom is 0.373 e. The van der Waals surface area contributed by atoms with Crippen LogP contribution in [0.2, 0.25) is 0 Å². The largest absolute Gasteiger partial charge is 0.461 e. The first kappa shape index (κ1) is 19.1. The summed E-state index contributed by atoms with van der Waals surface area (Å²) in [6.45, 7) is 2.31. The molecule has 0 bridgehead atoms. The lowest BCUT2D eigenvalue weighted by Gasteiger charge is -2.03. The number of rotatable bonds is 13. The first-order chi connectivity index (χ1) is 9.68. The Balaban J connectivity index is 3.13. The molecule has 0 radical (unpaired) electrons. The van der Waals surface area contributed by atoms with E-state index in [-0.39, 0.29) is 6.61 Å². The summed E-state index contributed by atoms with van der Waals surface area (Å²) in [7, 11) is 0. The molecular formula is C16H28F2O2. The molecule has 0 saturated carbocycles. The van der Waals surface area contributed by atoms with Gasteiger partial charge in [0.25, 0.3) is 0 Å². The van der Waals surface area contributed by atoms with Crippen molar-refractivity contribution in [2.24, 2.45) is 0 Å². The van der Waals surface area contributed by atoms with Crippen molar-refractivity contribution in [3.63, 3.8) is 0 Å². The average molecular weight is 290 g/mol. The minimum absolute atomic E-state index is 0.114. The van der Waals surface area contributed by atoms with Crippen LogP contribution in [0.25, 0.3) is 0 Å². The van der Waals surface area contributed by atoms with E-state index < -0.39 is 12.4 Å². The highest BCUT2D eigenvalue weighted by atomic mass is 19.3. The first-order valence-corrected chi connectivity index (χ1v) is 7.78. The molecule has 0 rings (SSSR count). The minimum atomic E-state index is -3.00. The van der Waals surface area contributed by atoms with Crippen molar-refractivity contribution in [2.75, 3.05) is 6.61 Å². The van der Waals surface area contributed by atoms with Crippen LogP contribution in [-0.2, 0) is 9.53 Å². The number of halogens is 2. The van der Waals surface area contributed by atoms with Gasteiger partial charge in [0.15, 0.2) is 0 Å². The van der Waals surface area contributed by atoms with Crippen LogP contribution in [0.4, 0.5) is 8.78 Å². The van der Waals surface area contributed by atoms with Crippen LogP contribution in [0.1, 0.15) is 71.1 Å². The number of hydrogen-bond donors (Lipinski definition) is 0. The van der Waals surface area contributed by atoms with Gasteiger partial charge < -0.3 is 4.74 Å². The molecule has 0 unspecified atom stereocenters. The number of carbonyl (C=O) groups excluding carboxylic acids is 1. The van der Waals surface area contributed by atoms with Gasteiger partial charge in [0.05, 0.1) is 6.61 Å². The Labute approximate surface area is 121 Å². The number of esters is 1. The third-order valence-electron chi connectivity index (χ3n) is 3.08. The maximum atomic E-state index is 11.8. The molecule has 0 saturated heterocycles. The summed E-state index contributed by atoms with van der Waals surface area (Å²) >= 11 is 0. The summed E-state index contributed by atoms with van der Waals surface area (Å²) in [5.74, 6) is -1.40. The lowest BCUT2D eigenvalue weighted by Crippen LogP contribution is -2.14. The van der Waals surface area contributed by atoms with E-state index >= 15 is 0 Å². The van der Waals surface area contributed by atoms with Crippen molar-refractivity contribution >= 4 is 5.97 Å². The minimum Gasteiger partial charge on any atom is -0.461 e. The fraction of sp³-hybridized carbons (Fsp3) is 0.812. The molecular weight excluding hydrogens is 262 g/mol. The highest BCUT2D eigenvalue weighted by molar-refractivity contribution is 5.72. The predicted octanol–water partition coefficient (Wildman–Crippen LogP) is 5.27.